The van der Waals surface area contributed by atoms with E-state index in [1.54, 1.807) is 37.3 Å². The van der Waals surface area contributed by atoms with Crippen LogP contribution in [0.3, 0.4) is 0 Å². The van der Waals surface area contributed by atoms with Crippen molar-refractivity contribution in [1.82, 2.24) is 10.7 Å². The molecule has 8 nitrogen and oxygen atoms in total. The van der Waals surface area contributed by atoms with E-state index >= 15 is 0 Å². The summed E-state index contributed by atoms with van der Waals surface area (Å²) in [6, 6.07) is 9.06. The van der Waals surface area contributed by atoms with Gasteiger partial charge in [-0.25, -0.2) is 5.43 Å². The fraction of sp³-hybridized carbons (Fsp3) is 0.370. The number of hydrogen-bond acceptors (Lipinski definition) is 6. The van der Waals surface area contributed by atoms with Crippen molar-refractivity contribution in [1.29, 1.82) is 0 Å². The van der Waals surface area contributed by atoms with Crippen molar-refractivity contribution in [2.45, 2.75) is 46.3 Å². The van der Waals surface area contributed by atoms with Gasteiger partial charge in [-0.2, -0.15) is 5.10 Å². The smallest absolute Gasteiger partial charge is 0.262 e. The van der Waals surface area contributed by atoms with Gasteiger partial charge in [0.05, 0.1) is 17.8 Å². The van der Waals surface area contributed by atoms with E-state index < -0.39 is 24.0 Å². The molecule has 37 heavy (non-hydrogen) atoms. The minimum absolute atomic E-state index is 0.114. The first kappa shape index (κ1) is 29.8. The molecule has 0 saturated carbocycles. The maximum Gasteiger partial charge on any atom is 0.262 e. The standard InChI is InChI=1S/C27H31Cl2N3O5/c1-6-12-36-24-10-8-19(14-25(24)35-7-2)16-30-32-27(34)22(13-17(3)4)31-26(33)18(5)37-23-11-9-20(28)15-21(23)29/h1,8-11,14-18,22H,7,12-13H2,2-5H3,(H,31,33)(H,32,34)/b30-16-/t18-,22+/m1/s1. The summed E-state index contributed by atoms with van der Waals surface area (Å²) in [6.45, 7) is 7.86. The molecule has 2 aromatic carbocycles. The van der Waals surface area contributed by atoms with E-state index in [9.17, 15) is 9.59 Å². The quantitative estimate of drug-likeness (QED) is 0.212. The molecule has 0 saturated heterocycles. The highest BCUT2D eigenvalue weighted by molar-refractivity contribution is 6.35. The Hall–Kier alpha value is -3.41. The van der Waals surface area contributed by atoms with Crippen molar-refractivity contribution in [3.05, 3.63) is 52.0 Å². The predicted molar refractivity (Wildman–Crippen MR) is 146 cm³/mol. The van der Waals surface area contributed by atoms with Crippen molar-refractivity contribution in [2.75, 3.05) is 13.2 Å². The first-order valence-corrected chi connectivity index (χ1v) is 12.5. The SMILES string of the molecule is C#CCOc1ccc(/C=N\NC(=O)[C@H](CC(C)C)NC(=O)[C@@H](C)Oc2ccc(Cl)cc2Cl)cc1OCC. The fourth-order valence-corrected chi connectivity index (χ4v) is 3.62. The Balaban J connectivity index is 2.04. The van der Waals surface area contributed by atoms with Crippen molar-refractivity contribution < 1.29 is 23.8 Å². The van der Waals surface area contributed by atoms with Crippen molar-refractivity contribution >= 4 is 41.2 Å². The summed E-state index contributed by atoms with van der Waals surface area (Å²) in [6.07, 6.45) is 6.21. The Kier molecular flexibility index (Phi) is 12.1. The second-order valence-electron chi connectivity index (χ2n) is 8.39. The van der Waals surface area contributed by atoms with Gasteiger partial charge in [0, 0.05) is 5.02 Å². The van der Waals surface area contributed by atoms with E-state index in [4.69, 9.17) is 43.8 Å². The van der Waals surface area contributed by atoms with Crippen LogP contribution in [0.1, 0.15) is 39.7 Å². The van der Waals surface area contributed by atoms with E-state index in [2.05, 4.69) is 21.8 Å². The van der Waals surface area contributed by atoms with E-state index in [1.165, 1.54) is 12.3 Å². The molecule has 2 amide bonds. The Morgan fingerprint density at radius 2 is 1.78 bits per heavy atom. The molecule has 0 aliphatic rings. The average Bonchev–Trinajstić information content (AvgIpc) is 2.84. The van der Waals surface area contributed by atoms with Gasteiger partial charge >= 0.3 is 0 Å². The number of hydrazone groups is 1. The summed E-state index contributed by atoms with van der Waals surface area (Å²) in [4.78, 5) is 25.6. The lowest BCUT2D eigenvalue weighted by Gasteiger charge is -2.22. The molecule has 0 aliphatic carbocycles. The van der Waals surface area contributed by atoms with Crippen LogP contribution in [0.15, 0.2) is 41.5 Å². The van der Waals surface area contributed by atoms with Crippen LogP contribution in [-0.2, 0) is 9.59 Å². The Labute approximate surface area is 227 Å². The third-order valence-corrected chi connectivity index (χ3v) is 5.40. The number of carbonyl (C=O) groups excluding carboxylic acids is 2. The summed E-state index contributed by atoms with van der Waals surface area (Å²) < 4.78 is 16.7. The first-order valence-electron chi connectivity index (χ1n) is 11.7. The molecule has 0 spiro atoms. The van der Waals surface area contributed by atoms with Crippen molar-refractivity contribution in [3.8, 4) is 29.6 Å². The van der Waals surface area contributed by atoms with Gasteiger partial charge in [0.2, 0.25) is 0 Å². The molecule has 0 aliphatic heterocycles. The highest BCUT2D eigenvalue weighted by Crippen LogP contribution is 2.29. The number of halogens is 2. The average molecular weight is 548 g/mol. The second-order valence-corrected chi connectivity index (χ2v) is 9.24. The summed E-state index contributed by atoms with van der Waals surface area (Å²) in [5.41, 5.74) is 3.16. The highest BCUT2D eigenvalue weighted by atomic mass is 35.5. The highest BCUT2D eigenvalue weighted by Gasteiger charge is 2.25. The topological polar surface area (TPSA) is 98.2 Å². The second kappa shape index (κ2) is 15.0. The molecule has 2 rings (SSSR count). The number of nitrogens with one attached hydrogen (secondary N) is 2. The van der Waals surface area contributed by atoms with Gasteiger partial charge in [0.1, 0.15) is 18.4 Å². The minimum Gasteiger partial charge on any atom is -0.490 e. The molecule has 198 valence electrons. The molecule has 2 atom stereocenters. The third-order valence-electron chi connectivity index (χ3n) is 4.87. The lowest BCUT2D eigenvalue weighted by atomic mass is 10.0. The Morgan fingerprint density at radius 1 is 1.05 bits per heavy atom. The molecule has 0 radical (unpaired) electrons. The molecule has 0 heterocycles. The summed E-state index contributed by atoms with van der Waals surface area (Å²) in [7, 11) is 0. The van der Waals surface area contributed by atoms with Crippen molar-refractivity contribution in [3.63, 3.8) is 0 Å². The van der Waals surface area contributed by atoms with Gasteiger partial charge in [-0.05, 0) is 68.1 Å². The minimum atomic E-state index is -0.906. The molecule has 2 N–H and O–H groups in total. The van der Waals surface area contributed by atoms with Crippen LogP contribution < -0.4 is 25.0 Å². The number of terminal acetylenes is 1. The van der Waals surface area contributed by atoms with Gasteiger partial charge in [0.15, 0.2) is 17.6 Å². The predicted octanol–water partition coefficient (Wildman–Crippen LogP) is 4.85. The number of amides is 2. The number of rotatable bonds is 13. The fourth-order valence-electron chi connectivity index (χ4n) is 3.17. The third kappa shape index (κ3) is 9.87. The van der Waals surface area contributed by atoms with Gasteiger partial charge < -0.3 is 19.5 Å². The number of benzene rings is 2. The number of carbonyl (C=O) groups is 2. The molecule has 0 bridgehead atoms. The Morgan fingerprint density at radius 3 is 2.43 bits per heavy atom. The number of hydrogen-bond donors (Lipinski definition) is 2. The lowest BCUT2D eigenvalue weighted by molar-refractivity contribution is -0.132. The van der Waals surface area contributed by atoms with Crippen LogP contribution in [0.5, 0.6) is 17.2 Å². The van der Waals surface area contributed by atoms with Crippen LogP contribution in [0, 0.1) is 18.3 Å². The van der Waals surface area contributed by atoms with Crippen molar-refractivity contribution in [2.24, 2.45) is 11.0 Å². The maximum absolute atomic E-state index is 12.8. The van der Waals surface area contributed by atoms with Crippen LogP contribution in [0.2, 0.25) is 10.0 Å². The Bertz CT molecular complexity index is 1150. The van der Waals surface area contributed by atoms with Gasteiger partial charge in [-0.1, -0.05) is 43.0 Å². The maximum atomic E-state index is 12.8. The lowest BCUT2D eigenvalue weighted by Crippen LogP contribution is -2.49. The molecule has 2 aromatic rings. The zero-order valence-electron chi connectivity index (χ0n) is 21.2. The molecular formula is C27H31Cl2N3O5. The molecule has 10 heteroatoms. The van der Waals surface area contributed by atoms with Crippen LogP contribution in [0.4, 0.5) is 0 Å². The normalized spacial score (nSPS) is 12.5. The summed E-state index contributed by atoms with van der Waals surface area (Å²) in [5, 5.41) is 7.49. The van der Waals surface area contributed by atoms with E-state index in [0.717, 1.165) is 0 Å². The van der Waals surface area contributed by atoms with E-state index in [-0.39, 0.29) is 17.5 Å². The van der Waals surface area contributed by atoms with Crippen LogP contribution >= 0.6 is 23.2 Å². The number of ether oxygens (including phenoxy) is 3. The molecule has 0 fully saturated rings. The number of nitrogens with zero attached hydrogens (tertiary/aromatic N) is 1. The molecule has 0 unspecified atom stereocenters. The molecule has 0 aromatic heterocycles. The zero-order chi connectivity index (χ0) is 27.4. The summed E-state index contributed by atoms with van der Waals surface area (Å²) >= 11 is 12.0. The van der Waals surface area contributed by atoms with Gasteiger partial charge in [-0.3, -0.25) is 9.59 Å². The zero-order valence-corrected chi connectivity index (χ0v) is 22.7. The monoisotopic (exact) mass is 547 g/mol. The molecular weight excluding hydrogens is 517 g/mol. The van der Waals surface area contributed by atoms with Gasteiger partial charge in [0.25, 0.3) is 11.8 Å². The van der Waals surface area contributed by atoms with Gasteiger partial charge in [-0.15, -0.1) is 6.42 Å². The van der Waals surface area contributed by atoms with Crippen LogP contribution in [-0.4, -0.2) is 43.4 Å². The van der Waals surface area contributed by atoms with E-state index in [0.29, 0.717) is 40.9 Å². The first-order chi connectivity index (χ1) is 17.6. The van der Waals surface area contributed by atoms with Crippen LogP contribution in [0.25, 0.3) is 0 Å². The summed E-state index contributed by atoms with van der Waals surface area (Å²) in [5.74, 6) is 2.93. The largest absolute Gasteiger partial charge is 0.490 e. The van der Waals surface area contributed by atoms with E-state index in [1.807, 2.05) is 20.8 Å².